The Morgan fingerprint density at radius 3 is 2.54 bits per heavy atom. The Balaban J connectivity index is 1.69. The highest BCUT2D eigenvalue weighted by molar-refractivity contribution is 5.98. The van der Waals surface area contributed by atoms with E-state index in [4.69, 9.17) is 11.1 Å². The van der Waals surface area contributed by atoms with Gasteiger partial charge in [0.25, 0.3) is 5.91 Å². The Morgan fingerprint density at radius 1 is 1.15 bits per heavy atom. The molecule has 1 fully saturated rings. The number of hydrogen-bond acceptors (Lipinski definition) is 5. The number of carbonyl (C=O) groups excluding carboxylic acids is 2. The van der Waals surface area contributed by atoms with Crippen molar-refractivity contribution in [1.82, 2.24) is 10.2 Å². The first-order valence-corrected chi connectivity index (χ1v) is 13.8. The van der Waals surface area contributed by atoms with Crippen LogP contribution in [0.4, 0.5) is 9.18 Å². The van der Waals surface area contributed by atoms with E-state index in [0.29, 0.717) is 53.6 Å². The summed E-state index contributed by atoms with van der Waals surface area (Å²) >= 11 is 0. The molecule has 9 heteroatoms. The zero-order chi connectivity index (χ0) is 29.6. The maximum Gasteiger partial charge on any atom is 0.406 e. The zero-order valence-electron chi connectivity index (χ0n) is 23.5. The lowest BCUT2D eigenvalue weighted by Gasteiger charge is -2.43. The van der Waals surface area contributed by atoms with Crippen molar-refractivity contribution in [3.63, 3.8) is 0 Å². The smallest absolute Gasteiger partial charge is 0.406 e. The lowest BCUT2D eigenvalue weighted by Crippen LogP contribution is -2.48. The number of halogens is 1. The molecule has 2 amide bonds. The van der Waals surface area contributed by atoms with Crippen molar-refractivity contribution in [3.8, 4) is 11.1 Å². The average Bonchev–Trinajstić information content (AvgIpc) is 2.98. The molecule has 1 heterocycles. The topological polar surface area (TPSA) is 129 Å². The van der Waals surface area contributed by atoms with Crippen LogP contribution in [0, 0.1) is 24.1 Å². The van der Waals surface area contributed by atoms with Crippen LogP contribution in [-0.4, -0.2) is 54.6 Å². The molecule has 3 aromatic carbocycles. The van der Waals surface area contributed by atoms with Gasteiger partial charge in [0, 0.05) is 42.2 Å². The number of methoxy groups -OCH3 is 1. The number of ether oxygens (including phenoxy) is 1. The Morgan fingerprint density at radius 2 is 1.85 bits per heavy atom. The van der Waals surface area contributed by atoms with Crippen LogP contribution in [0.1, 0.15) is 52.7 Å². The molecule has 5 N–H and O–H groups in total. The van der Waals surface area contributed by atoms with Gasteiger partial charge in [-0.1, -0.05) is 54.1 Å². The molecule has 0 aliphatic carbocycles. The summed E-state index contributed by atoms with van der Waals surface area (Å²) in [5, 5.41) is 22.8. The number of rotatable bonds is 9. The fraction of sp³-hybridized carbons (Fsp3) is 0.344. The number of likely N-dealkylation sites (tertiary alicyclic amines) is 1. The molecule has 0 saturated carbocycles. The summed E-state index contributed by atoms with van der Waals surface area (Å²) in [7, 11) is 1.29. The number of aliphatic hydroxyl groups is 1. The van der Waals surface area contributed by atoms with Gasteiger partial charge >= 0.3 is 6.09 Å². The van der Waals surface area contributed by atoms with Gasteiger partial charge in [-0.25, -0.2) is 9.18 Å². The first-order valence-electron chi connectivity index (χ1n) is 13.8. The minimum absolute atomic E-state index is 0.0757. The highest BCUT2D eigenvalue weighted by atomic mass is 19.1. The van der Waals surface area contributed by atoms with E-state index in [2.05, 4.69) is 10.1 Å². The van der Waals surface area contributed by atoms with Crippen LogP contribution < -0.4 is 11.1 Å². The summed E-state index contributed by atoms with van der Waals surface area (Å²) in [6.07, 6.45) is 1.38. The van der Waals surface area contributed by atoms with Crippen LogP contribution in [0.25, 0.3) is 11.1 Å². The first kappa shape index (κ1) is 29.7. The van der Waals surface area contributed by atoms with Gasteiger partial charge in [0.05, 0.1) is 12.7 Å². The van der Waals surface area contributed by atoms with E-state index >= 15 is 4.39 Å². The van der Waals surface area contributed by atoms with Crippen molar-refractivity contribution in [3.05, 3.63) is 94.8 Å². The molecular formula is C32H37FN4O4. The van der Waals surface area contributed by atoms with Crippen molar-refractivity contribution in [1.29, 1.82) is 5.41 Å². The quantitative estimate of drug-likeness (QED) is 0.167. The number of hydrogen-bond donors (Lipinski definition) is 4. The number of amidine groups is 1. The van der Waals surface area contributed by atoms with Gasteiger partial charge in [-0.15, -0.1) is 0 Å². The third-order valence-corrected chi connectivity index (χ3v) is 7.80. The molecule has 1 aliphatic heterocycles. The van der Waals surface area contributed by atoms with Gasteiger partial charge in [-0.3, -0.25) is 10.2 Å². The molecular weight excluding hydrogens is 523 g/mol. The maximum atomic E-state index is 15.5. The second kappa shape index (κ2) is 13.0. The third-order valence-electron chi connectivity index (χ3n) is 7.80. The summed E-state index contributed by atoms with van der Waals surface area (Å²) < 4.78 is 20.2. The van der Waals surface area contributed by atoms with Gasteiger partial charge in [-0.05, 0) is 61.9 Å². The van der Waals surface area contributed by atoms with Crippen LogP contribution in [0.5, 0.6) is 0 Å². The standard InChI is InChI=1S/C32H37FN4O4/c1-21-7-3-8-24(19-21)28-26(10-4-11-27(28)33)32(40,16-6-17-36-31(39)41-2)25-9-5-18-37(20-25)30(38)23-14-12-22(13-15-23)29(34)35/h3-4,7-8,10-15,19,25,40H,5-6,9,16-18,20H2,1-2H3,(H3,34,35)(H,36,39). The molecule has 0 radical (unpaired) electrons. The summed E-state index contributed by atoms with van der Waals surface area (Å²) in [5.74, 6) is -1.08. The van der Waals surface area contributed by atoms with Gasteiger partial charge in [0.1, 0.15) is 11.7 Å². The lowest BCUT2D eigenvalue weighted by atomic mass is 9.72. The van der Waals surface area contributed by atoms with E-state index in [9.17, 15) is 14.7 Å². The predicted octanol–water partition coefficient (Wildman–Crippen LogP) is 4.96. The summed E-state index contributed by atoms with van der Waals surface area (Å²) in [6.45, 7) is 3.00. The number of aryl methyl sites for hydroxylation is 1. The summed E-state index contributed by atoms with van der Waals surface area (Å²) in [6, 6.07) is 18.8. The molecule has 0 spiro atoms. The molecule has 2 unspecified atom stereocenters. The fourth-order valence-corrected chi connectivity index (χ4v) is 5.68. The van der Waals surface area contributed by atoms with Crippen LogP contribution in [0.3, 0.4) is 0 Å². The number of nitrogens with zero attached hydrogens (tertiary/aromatic N) is 1. The number of piperidine rings is 1. The monoisotopic (exact) mass is 560 g/mol. The number of nitrogens with two attached hydrogens (primary N) is 1. The number of benzene rings is 3. The van der Waals surface area contributed by atoms with Crippen LogP contribution >= 0.6 is 0 Å². The number of nitrogens with one attached hydrogen (secondary N) is 2. The van der Waals surface area contributed by atoms with E-state index < -0.39 is 17.5 Å². The zero-order valence-corrected chi connectivity index (χ0v) is 23.5. The van der Waals surface area contributed by atoms with Crippen molar-refractivity contribution in [2.45, 2.75) is 38.2 Å². The molecule has 8 nitrogen and oxygen atoms in total. The molecule has 1 saturated heterocycles. The second-order valence-corrected chi connectivity index (χ2v) is 10.6. The first-order chi connectivity index (χ1) is 19.6. The normalized spacial score (nSPS) is 16.5. The Hall–Kier alpha value is -4.24. The molecule has 1 aliphatic rings. The van der Waals surface area contributed by atoms with E-state index in [-0.39, 0.29) is 37.2 Å². The van der Waals surface area contributed by atoms with Crippen molar-refractivity contribution in [2.24, 2.45) is 11.7 Å². The van der Waals surface area contributed by atoms with Crippen LogP contribution in [-0.2, 0) is 10.3 Å². The molecule has 0 bridgehead atoms. The van der Waals surface area contributed by atoms with Crippen LogP contribution in [0.2, 0.25) is 0 Å². The SMILES string of the molecule is COC(=O)NCCCC(O)(c1cccc(F)c1-c1cccc(C)c1)C1CCCN(C(=O)c2ccc(C(=N)N)cc2)C1. The number of alkyl carbamates (subject to hydrolysis) is 1. The van der Waals surface area contributed by atoms with Gasteiger partial charge in [0.2, 0.25) is 0 Å². The van der Waals surface area contributed by atoms with E-state index in [1.54, 1.807) is 41.3 Å². The third kappa shape index (κ3) is 6.74. The molecule has 216 valence electrons. The molecule has 0 aromatic heterocycles. The number of nitrogen functional groups attached to an aromatic ring is 1. The Kier molecular flexibility index (Phi) is 9.39. The Labute approximate surface area is 239 Å². The lowest BCUT2D eigenvalue weighted by molar-refractivity contribution is -0.0564. The van der Waals surface area contributed by atoms with Crippen molar-refractivity contribution in [2.75, 3.05) is 26.7 Å². The fourth-order valence-electron chi connectivity index (χ4n) is 5.68. The minimum Gasteiger partial charge on any atom is -0.453 e. The average molecular weight is 561 g/mol. The number of amides is 2. The van der Waals surface area contributed by atoms with E-state index in [1.807, 2.05) is 31.2 Å². The van der Waals surface area contributed by atoms with Crippen molar-refractivity contribution < 1.29 is 23.8 Å². The van der Waals surface area contributed by atoms with E-state index in [0.717, 1.165) is 5.56 Å². The highest BCUT2D eigenvalue weighted by Crippen LogP contribution is 2.44. The maximum absolute atomic E-state index is 15.5. The van der Waals surface area contributed by atoms with Gasteiger partial charge in [0.15, 0.2) is 0 Å². The highest BCUT2D eigenvalue weighted by Gasteiger charge is 2.43. The summed E-state index contributed by atoms with van der Waals surface area (Å²) in [4.78, 5) is 26.8. The molecule has 4 rings (SSSR count). The molecule has 2 atom stereocenters. The Bertz CT molecular complexity index is 1410. The van der Waals surface area contributed by atoms with E-state index in [1.165, 1.54) is 13.2 Å². The second-order valence-electron chi connectivity index (χ2n) is 10.6. The summed E-state index contributed by atoms with van der Waals surface area (Å²) in [5.41, 5.74) is 7.49. The minimum atomic E-state index is -1.49. The largest absolute Gasteiger partial charge is 0.453 e. The van der Waals surface area contributed by atoms with Gasteiger partial charge in [-0.2, -0.15) is 0 Å². The van der Waals surface area contributed by atoms with Gasteiger partial charge < -0.3 is 25.8 Å². The predicted molar refractivity (Wildman–Crippen MR) is 156 cm³/mol. The molecule has 41 heavy (non-hydrogen) atoms. The van der Waals surface area contributed by atoms with Crippen LogP contribution in [0.15, 0.2) is 66.7 Å². The van der Waals surface area contributed by atoms with Crippen molar-refractivity contribution >= 4 is 17.8 Å². The number of carbonyl (C=O) groups is 2. The molecule has 3 aromatic rings.